The van der Waals surface area contributed by atoms with E-state index in [-0.39, 0.29) is 24.5 Å². The van der Waals surface area contributed by atoms with Crippen LogP contribution in [0.1, 0.15) is 25.5 Å². The van der Waals surface area contributed by atoms with Crippen LogP contribution in [0.25, 0.3) is 22.5 Å². The molecule has 0 saturated carbocycles. The Kier molecular flexibility index (Phi) is 5.06. The molecule has 2 aliphatic heterocycles. The number of imidazole rings is 1. The minimum absolute atomic E-state index is 0.0617. The first-order chi connectivity index (χ1) is 15.7. The number of aromatic nitrogens is 4. The molecule has 4 atom stereocenters. The van der Waals surface area contributed by atoms with E-state index in [2.05, 4.69) is 27.1 Å². The number of halogens is 2. The van der Waals surface area contributed by atoms with Gasteiger partial charge in [-0.15, -0.1) is 5.10 Å². The highest BCUT2D eigenvalue weighted by Gasteiger charge is 2.62. The van der Waals surface area contributed by atoms with E-state index in [1.165, 1.54) is 0 Å². The minimum atomic E-state index is -2.80. The highest BCUT2D eigenvalue weighted by Crippen LogP contribution is 2.50. The molecule has 2 aromatic heterocycles. The molecule has 1 aromatic carbocycles. The van der Waals surface area contributed by atoms with Gasteiger partial charge in [0.15, 0.2) is 0 Å². The molecular weight excluding hydrogens is 428 g/mol. The van der Waals surface area contributed by atoms with Crippen molar-refractivity contribution in [2.45, 2.75) is 43.4 Å². The molecule has 0 spiro atoms. The third-order valence-corrected chi connectivity index (χ3v) is 6.85. The van der Waals surface area contributed by atoms with Crippen molar-refractivity contribution in [2.75, 3.05) is 7.11 Å². The Morgan fingerprint density at radius 3 is 2.73 bits per heavy atom. The summed E-state index contributed by atoms with van der Waals surface area (Å²) in [7, 11) is 1.54. The zero-order valence-corrected chi connectivity index (χ0v) is 18.4. The van der Waals surface area contributed by atoms with Gasteiger partial charge in [0.05, 0.1) is 35.5 Å². The van der Waals surface area contributed by atoms with Crippen molar-refractivity contribution in [3.8, 4) is 22.7 Å². The minimum Gasteiger partial charge on any atom is -0.507 e. The van der Waals surface area contributed by atoms with E-state index >= 15 is 0 Å². The number of piperidine rings is 1. The van der Waals surface area contributed by atoms with Crippen LogP contribution in [0, 0.1) is 5.92 Å². The molecule has 2 N–H and O–H groups in total. The summed E-state index contributed by atoms with van der Waals surface area (Å²) in [5.41, 5.74) is 2.09. The molecule has 4 heterocycles. The summed E-state index contributed by atoms with van der Waals surface area (Å²) in [5.74, 6) is -3.05. The second-order valence-electron chi connectivity index (χ2n) is 9.05. The van der Waals surface area contributed by atoms with Gasteiger partial charge in [-0.05, 0) is 43.2 Å². The number of hydrogen-bond donors (Lipinski definition) is 2. The molecule has 0 aliphatic carbocycles. The number of nitrogens with zero attached hydrogens (tertiary/aromatic N) is 4. The first kappa shape index (κ1) is 21.7. The van der Waals surface area contributed by atoms with Gasteiger partial charge in [-0.25, -0.2) is 13.8 Å². The fraction of sp³-hybridized carbons (Fsp3) is 0.375. The van der Waals surface area contributed by atoms with Gasteiger partial charge in [0.1, 0.15) is 5.75 Å². The fourth-order valence-corrected chi connectivity index (χ4v) is 5.30. The van der Waals surface area contributed by atoms with Crippen LogP contribution in [0.2, 0.25) is 0 Å². The molecule has 5 rings (SSSR count). The predicted molar refractivity (Wildman–Crippen MR) is 119 cm³/mol. The summed E-state index contributed by atoms with van der Waals surface area (Å²) in [4.78, 5) is 4.01. The second-order valence-corrected chi connectivity index (χ2v) is 9.05. The predicted octanol–water partition coefficient (Wildman–Crippen LogP) is 3.84. The molecule has 0 amide bonds. The van der Waals surface area contributed by atoms with Crippen LogP contribution in [-0.2, 0) is 4.74 Å². The first-order valence-corrected chi connectivity index (χ1v) is 10.7. The molecule has 9 heteroatoms. The number of phenolic OH excluding ortho intramolecular Hbond substituents is 1. The van der Waals surface area contributed by atoms with Crippen LogP contribution in [0.3, 0.4) is 0 Å². The summed E-state index contributed by atoms with van der Waals surface area (Å²) >= 11 is 0. The quantitative estimate of drug-likeness (QED) is 0.611. The number of benzene rings is 1. The van der Waals surface area contributed by atoms with Crippen LogP contribution < -0.4 is 5.32 Å². The lowest BCUT2D eigenvalue weighted by molar-refractivity contribution is -0.0173. The molecule has 0 radical (unpaired) electrons. The van der Waals surface area contributed by atoms with Crippen molar-refractivity contribution < 1.29 is 18.6 Å². The Labute approximate surface area is 190 Å². The maximum Gasteiger partial charge on any atom is 0.265 e. The van der Waals surface area contributed by atoms with Crippen LogP contribution in [-0.4, -0.2) is 55.6 Å². The van der Waals surface area contributed by atoms with E-state index in [4.69, 9.17) is 4.74 Å². The second kappa shape index (κ2) is 7.71. The Morgan fingerprint density at radius 2 is 2.09 bits per heavy atom. The Hall–Kier alpha value is -3.17. The van der Waals surface area contributed by atoms with Crippen LogP contribution in [0.5, 0.6) is 5.75 Å². The van der Waals surface area contributed by atoms with Gasteiger partial charge < -0.3 is 19.7 Å². The SMILES string of the molecule is C=C(c1ccc(-c2ccc(-n3ccnc3)cc2O)nn1)[C@H]1C[C@H]2N[C@](C)(CC2(F)F)[C@@H]1OC. The molecule has 3 aromatic rings. The van der Waals surface area contributed by atoms with Crippen molar-refractivity contribution in [3.05, 3.63) is 61.3 Å². The molecule has 2 fully saturated rings. The highest BCUT2D eigenvalue weighted by molar-refractivity contribution is 5.70. The number of alkyl halides is 2. The summed E-state index contributed by atoms with van der Waals surface area (Å²) in [6, 6.07) is 7.81. The first-order valence-electron chi connectivity index (χ1n) is 10.7. The van der Waals surface area contributed by atoms with Gasteiger partial charge in [-0.1, -0.05) is 6.58 Å². The number of methoxy groups -OCH3 is 1. The van der Waals surface area contributed by atoms with Gasteiger partial charge in [-0.3, -0.25) is 0 Å². The zero-order valence-electron chi connectivity index (χ0n) is 18.4. The highest BCUT2D eigenvalue weighted by atomic mass is 19.3. The number of hydrogen-bond acceptors (Lipinski definition) is 6. The van der Waals surface area contributed by atoms with Gasteiger partial charge in [0, 0.05) is 49.0 Å². The zero-order chi connectivity index (χ0) is 23.4. The number of aromatic hydroxyl groups is 1. The van der Waals surface area contributed by atoms with E-state index in [1.54, 1.807) is 61.6 Å². The summed E-state index contributed by atoms with van der Waals surface area (Å²) in [6.45, 7) is 5.95. The van der Waals surface area contributed by atoms with E-state index in [9.17, 15) is 13.9 Å². The smallest absolute Gasteiger partial charge is 0.265 e. The lowest BCUT2D eigenvalue weighted by atomic mass is 9.77. The average molecular weight is 453 g/mol. The molecule has 2 saturated heterocycles. The molecule has 33 heavy (non-hydrogen) atoms. The molecular formula is C24H25F2N5O2. The Balaban J connectivity index is 1.39. The number of nitrogens with one attached hydrogen (secondary N) is 1. The number of rotatable bonds is 5. The normalized spacial score (nSPS) is 28.1. The molecule has 172 valence electrons. The Bertz CT molecular complexity index is 1180. The molecule has 2 bridgehead atoms. The van der Waals surface area contributed by atoms with E-state index in [0.717, 1.165) is 5.69 Å². The maximum atomic E-state index is 14.5. The summed E-state index contributed by atoms with van der Waals surface area (Å²) < 4.78 is 36.4. The van der Waals surface area contributed by atoms with Crippen LogP contribution in [0.15, 0.2) is 55.6 Å². The van der Waals surface area contributed by atoms with Crippen molar-refractivity contribution in [1.82, 2.24) is 25.1 Å². The van der Waals surface area contributed by atoms with E-state index < -0.39 is 23.6 Å². The van der Waals surface area contributed by atoms with Crippen LogP contribution in [0.4, 0.5) is 8.78 Å². The fourth-order valence-electron chi connectivity index (χ4n) is 5.30. The third-order valence-electron chi connectivity index (χ3n) is 6.85. The van der Waals surface area contributed by atoms with Crippen LogP contribution >= 0.6 is 0 Å². The van der Waals surface area contributed by atoms with E-state index in [1.807, 2.05) is 6.07 Å². The average Bonchev–Trinajstić information content (AvgIpc) is 3.38. The number of ether oxygens (including phenoxy) is 1. The van der Waals surface area contributed by atoms with Crippen molar-refractivity contribution in [1.29, 1.82) is 0 Å². The Morgan fingerprint density at radius 1 is 1.27 bits per heavy atom. The molecule has 7 nitrogen and oxygen atoms in total. The lowest BCUT2D eigenvalue weighted by Gasteiger charge is -2.43. The largest absolute Gasteiger partial charge is 0.507 e. The third kappa shape index (κ3) is 3.61. The van der Waals surface area contributed by atoms with Gasteiger partial charge in [-0.2, -0.15) is 5.10 Å². The van der Waals surface area contributed by atoms with Gasteiger partial charge >= 0.3 is 0 Å². The summed E-state index contributed by atoms with van der Waals surface area (Å²) in [5, 5.41) is 22.2. The van der Waals surface area contributed by atoms with E-state index in [0.29, 0.717) is 22.5 Å². The standard InChI is InChI=1S/C24H25F2N5O2/c1-14(17-11-21-24(25,26)12-23(2,28-21)22(17)33-3)18-6-7-19(30-29-18)16-5-4-15(10-20(16)32)31-9-8-27-13-31/h4-10,13,17,21-22,28,32H,1,11-12H2,2-3H3/t17-,21-,22-,23-/m1/s1. The topological polar surface area (TPSA) is 85.1 Å². The number of fused-ring (bicyclic) bond motifs is 2. The van der Waals surface area contributed by atoms with Crippen molar-refractivity contribution >= 4 is 5.57 Å². The maximum absolute atomic E-state index is 14.5. The van der Waals surface area contributed by atoms with Gasteiger partial charge in [0.2, 0.25) is 0 Å². The lowest BCUT2D eigenvalue weighted by Crippen LogP contribution is -2.59. The van der Waals surface area contributed by atoms with Gasteiger partial charge in [0.25, 0.3) is 5.92 Å². The molecule has 2 aliphatic rings. The molecule has 0 unspecified atom stereocenters. The van der Waals surface area contributed by atoms with Crippen molar-refractivity contribution in [2.24, 2.45) is 5.92 Å². The number of phenols is 1. The monoisotopic (exact) mass is 453 g/mol. The summed E-state index contributed by atoms with van der Waals surface area (Å²) in [6.07, 6.45) is 4.56. The van der Waals surface area contributed by atoms with Crippen molar-refractivity contribution in [3.63, 3.8) is 0 Å².